The van der Waals surface area contributed by atoms with Crippen molar-refractivity contribution in [2.24, 2.45) is 11.1 Å². The van der Waals surface area contributed by atoms with Gasteiger partial charge in [0, 0.05) is 19.8 Å². The zero-order chi connectivity index (χ0) is 16.3. The average molecular weight is 316 g/mol. The van der Waals surface area contributed by atoms with Gasteiger partial charge in [-0.1, -0.05) is 18.2 Å². The monoisotopic (exact) mass is 316 g/mol. The minimum Gasteiger partial charge on any atom is -0.381 e. The predicted octanol–water partition coefficient (Wildman–Crippen LogP) is 1.12. The van der Waals surface area contributed by atoms with Gasteiger partial charge in [0.15, 0.2) is 0 Å². The van der Waals surface area contributed by atoms with Gasteiger partial charge in [0.05, 0.1) is 11.8 Å². The van der Waals surface area contributed by atoms with Crippen LogP contribution in [0, 0.1) is 5.41 Å². The molecule has 0 radical (unpaired) electrons. The van der Waals surface area contributed by atoms with Gasteiger partial charge in [-0.15, -0.1) is 0 Å². The standard InChI is InChI=1S/C18H24N2O3/c19-17(22)18(6-8-23-9-7-18)12-20-16(21)11-13-4-5-14-2-1-3-15(14)10-13/h4-5,10H,1-3,6-9,11-12H2,(H2,19,22)(H,20,21). The van der Waals surface area contributed by atoms with E-state index >= 15 is 0 Å². The Labute approximate surface area is 136 Å². The molecule has 2 aliphatic rings. The van der Waals surface area contributed by atoms with Crippen molar-refractivity contribution in [3.8, 4) is 0 Å². The normalized spacial score (nSPS) is 19.1. The highest BCUT2D eigenvalue weighted by atomic mass is 16.5. The van der Waals surface area contributed by atoms with E-state index in [1.807, 2.05) is 6.07 Å². The molecule has 1 fully saturated rings. The lowest BCUT2D eigenvalue weighted by atomic mass is 9.79. The van der Waals surface area contributed by atoms with E-state index in [0.29, 0.717) is 39.0 Å². The van der Waals surface area contributed by atoms with Crippen LogP contribution in [0.25, 0.3) is 0 Å². The van der Waals surface area contributed by atoms with E-state index < -0.39 is 5.41 Å². The highest BCUT2D eigenvalue weighted by Crippen LogP contribution is 2.29. The van der Waals surface area contributed by atoms with Crippen molar-refractivity contribution in [1.82, 2.24) is 5.32 Å². The number of hydrogen-bond acceptors (Lipinski definition) is 3. The number of rotatable bonds is 5. The lowest BCUT2D eigenvalue weighted by Gasteiger charge is -2.34. The van der Waals surface area contributed by atoms with Crippen molar-refractivity contribution < 1.29 is 14.3 Å². The fourth-order valence-corrected chi connectivity index (χ4v) is 3.52. The predicted molar refractivity (Wildman–Crippen MR) is 86.9 cm³/mol. The summed E-state index contributed by atoms with van der Waals surface area (Å²) < 4.78 is 5.30. The van der Waals surface area contributed by atoms with Gasteiger partial charge in [-0.25, -0.2) is 0 Å². The Balaban J connectivity index is 1.57. The van der Waals surface area contributed by atoms with Gasteiger partial charge in [0.25, 0.3) is 0 Å². The summed E-state index contributed by atoms with van der Waals surface area (Å²) in [5, 5.41) is 2.90. The molecule has 0 spiro atoms. The number of hydrogen-bond donors (Lipinski definition) is 2. The van der Waals surface area contributed by atoms with Crippen LogP contribution in [0.15, 0.2) is 18.2 Å². The molecule has 1 aromatic carbocycles. The van der Waals surface area contributed by atoms with Crippen molar-refractivity contribution in [3.05, 3.63) is 34.9 Å². The van der Waals surface area contributed by atoms with Crippen molar-refractivity contribution in [3.63, 3.8) is 0 Å². The van der Waals surface area contributed by atoms with Crippen LogP contribution in [-0.2, 0) is 33.6 Å². The quantitative estimate of drug-likeness (QED) is 0.854. The third-order valence-electron chi connectivity index (χ3n) is 5.12. The first-order chi connectivity index (χ1) is 11.1. The van der Waals surface area contributed by atoms with Crippen molar-refractivity contribution >= 4 is 11.8 Å². The van der Waals surface area contributed by atoms with Crippen LogP contribution in [0.5, 0.6) is 0 Å². The number of benzene rings is 1. The fraction of sp³-hybridized carbons (Fsp3) is 0.556. The molecule has 1 saturated heterocycles. The summed E-state index contributed by atoms with van der Waals surface area (Å²) in [6.07, 6.45) is 4.94. The Hall–Kier alpha value is -1.88. The number of nitrogens with one attached hydrogen (secondary N) is 1. The molecule has 1 aromatic rings. The van der Waals surface area contributed by atoms with Gasteiger partial charge < -0.3 is 15.8 Å². The van der Waals surface area contributed by atoms with E-state index in [0.717, 1.165) is 18.4 Å². The topological polar surface area (TPSA) is 81.4 Å². The SMILES string of the molecule is NC(=O)C1(CNC(=O)Cc2ccc3c(c2)CCC3)CCOCC1. The molecule has 5 heteroatoms. The first-order valence-corrected chi connectivity index (χ1v) is 8.34. The van der Waals surface area contributed by atoms with E-state index in [1.165, 1.54) is 17.5 Å². The molecule has 1 heterocycles. The number of ether oxygens (including phenoxy) is 1. The number of aryl methyl sites for hydroxylation is 2. The second kappa shape index (κ2) is 6.71. The van der Waals surface area contributed by atoms with Crippen LogP contribution in [0.4, 0.5) is 0 Å². The summed E-state index contributed by atoms with van der Waals surface area (Å²) in [6.45, 7) is 1.34. The van der Waals surface area contributed by atoms with Gasteiger partial charge in [-0.2, -0.15) is 0 Å². The molecule has 3 rings (SSSR count). The molecule has 124 valence electrons. The highest BCUT2D eigenvalue weighted by molar-refractivity contribution is 5.83. The Kier molecular flexibility index (Phi) is 4.66. The molecule has 0 saturated carbocycles. The molecule has 0 bridgehead atoms. The fourth-order valence-electron chi connectivity index (χ4n) is 3.52. The van der Waals surface area contributed by atoms with Crippen LogP contribution in [0.2, 0.25) is 0 Å². The summed E-state index contributed by atoms with van der Waals surface area (Å²) in [7, 11) is 0. The second-order valence-corrected chi connectivity index (χ2v) is 6.67. The molecule has 1 aliphatic heterocycles. The first-order valence-electron chi connectivity index (χ1n) is 8.34. The lowest BCUT2D eigenvalue weighted by molar-refractivity contribution is -0.133. The van der Waals surface area contributed by atoms with Crippen LogP contribution < -0.4 is 11.1 Å². The number of carbonyl (C=O) groups excluding carboxylic acids is 2. The number of carbonyl (C=O) groups is 2. The number of fused-ring (bicyclic) bond motifs is 1. The van der Waals surface area contributed by atoms with Crippen LogP contribution in [0.1, 0.15) is 36.0 Å². The van der Waals surface area contributed by atoms with Gasteiger partial charge in [0.2, 0.25) is 11.8 Å². The average Bonchev–Trinajstić information content (AvgIpc) is 3.01. The molecule has 5 nitrogen and oxygen atoms in total. The zero-order valence-electron chi connectivity index (χ0n) is 13.4. The summed E-state index contributed by atoms with van der Waals surface area (Å²) in [6, 6.07) is 6.30. The van der Waals surface area contributed by atoms with E-state index in [1.54, 1.807) is 0 Å². The molecular formula is C18H24N2O3. The summed E-state index contributed by atoms with van der Waals surface area (Å²) in [4.78, 5) is 24.0. The smallest absolute Gasteiger partial charge is 0.225 e. The van der Waals surface area contributed by atoms with Crippen LogP contribution in [-0.4, -0.2) is 31.6 Å². The minimum absolute atomic E-state index is 0.0601. The molecule has 23 heavy (non-hydrogen) atoms. The summed E-state index contributed by atoms with van der Waals surface area (Å²) in [5.41, 5.74) is 8.70. The summed E-state index contributed by atoms with van der Waals surface area (Å²) in [5.74, 6) is -0.409. The van der Waals surface area contributed by atoms with E-state index in [-0.39, 0.29) is 11.8 Å². The Morgan fingerprint density at radius 1 is 1.17 bits per heavy atom. The molecule has 2 amide bonds. The molecular weight excluding hydrogens is 292 g/mol. The van der Waals surface area contributed by atoms with Gasteiger partial charge in [0.1, 0.15) is 0 Å². The number of nitrogens with two attached hydrogens (primary N) is 1. The van der Waals surface area contributed by atoms with Crippen molar-refractivity contribution in [2.75, 3.05) is 19.8 Å². The van der Waals surface area contributed by atoms with E-state index in [2.05, 4.69) is 17.4 Å². The Morgan fingerprint density at radius 2 is 1.91 bits per heavy atom. The van der Waals surface area contributed by atoms with Gasteiger partial charge in [-0.05, 0) is 48.8 Å². The van der Waals surface area contributed by atoms with Crippen molar-refractivity contribution in [1.29, 1.82) is 0 Å². The minimum atomic E-state index is -0.661. The first kappa shape index (κ1) is 16.0. The Bertz CT molecular complexity index is 606. The lowest BCUT2D eigenvalue weighted by Crippen LogP contribution is -2.49. The third-order valence-corrected chi connectivity index (χ3v) is 5.12. The van der Waals surface area contributed by atoms with Crippen molar-refractivity contribution in [2.45, 2.75) is 38.5 Å². The zero-order valence-corrected chi connectivity index (χ0v) is 13.4. The van der Waals surface area contributed by atoms with E-state index in [9.17, 15) is 9.59 Å². The largest absolute Gasteiger partial charge is 0.381 e. The Morgan fingerprint density at radius 3 is 2.65 bits per heavy atom. The maximum atomic E-state index is 12.2. The van der Waals surface area contributed by atoms with Crippen LogP contribution in [0.3, 0.4) is 0 Å². The van der Waals surface area contributed by atoms with Gasteiger partial charge in [-0.3, -0.25) is 9.59 Å². The number of primary amides is 1. The molecule has 0 aromatic heterocycles. The second-order valence-electron chi connectivity index (χ2n) is 6.67. The third kappa shape index (κ3) is 3.55. The molecule has 1 aliphatic carbocycles. The molecule has 3 N–H and O–H groups in total. The van der Waals surface area contributed by atoms with E-state index in [4.69, 9.17) is 10.5 Å². The highest BCUT2D eigenvalue weighted by Gasteiger charge is 2.38. The summed E-state index contributed by atoms with van der Waals surface area (Å²) >= 11 is 0. The van der Waals surface area contributed by atoms with Crippen LogP contribution >= 0.6 is 0 Å². The maximum Gasteiger partial charge on any atom is 0.225 e. The molecule has 0 atom stereocenters. The molecule has 0 unspecified atom stereocenters. The maximum absolute atomic E-state index is 12.2. The number of amides is 2. The van der Waals surface area contributed by atoms with Gasteiger partial charge >= 0.3 is 0 Å².